The molecule has 190 valence electrons. The van der Waals surface area contributed by atoms with E-state index in [0.29, 0.717) is 19.3 Å². The molecular weight excluding hydrogens is 475 g/mol. The first-order valence-electron chi connectivity index (χ1n) is 11.0. The molecule has 0 spiro atoms. The zero-order valence-corrected chi connectivity index (χ0v) is 19.4. The average Bonchev–Trinajstić information content (AvgIpc) is 2.65. The summed E-state index contributed by atoms with van der Waals surface area (Å²) < 4.78 is 105. The van der Waals surface area contributed by atoms with Gasteiger partial charge < -0.3 is 4.74 Å². The number of carbonyl (C=O) groups excluding carboxylic acids is 2. The quantitative estimate of drug-likeness (QED) is 0.290. The molecule has 0 radical (unpaired) electrons. The molecule has 1 N–H and O–H groups in total. The van der Waals surface area contributed by atoms with E-state index in [9.17, 15) is 40.0 Å². The molecule has 0 aromatic carbocycles. The maximum absolute atomic E-state index is 14.0. The number of esters is 1. The molecular formula is C21H29F5O6S. The maximum Gasteiger partial charge on any atom is 0.399 e. The van der Waals surface area contributed by atoms with Crippen LogP contribution in [-0.4, -0.2) is 42.3 Å². The number of carbonyl (C=O) groups is 2. The summed E-state index contributed by atoms with van der Waals surface area (Å²) >= 11 is 0. The van der Waals surface area contributed by atoms with Gasteiger partial charge in [0.1, 0.15) is 17.8 Å². The fourth-order valence-electron chi connectivity index (χ4n) is 5.95. The number of ketones is 1. The second-order valence-electron chi connectivity index (χ2n) is 10.6. The summed E-state index contributed by atoms with van der Waals surface area (Å²) in [4.78, 5) is 25.6. The van der Waals surface area contributed by atoms with Gasteiger partial charge >= 0.3 is 27.5 Å². The lowest BCUT2D eigenvalue weighted by atomic mass is 9.47. The lowest BCUT2D eigenvalue weighted by Gasteiger charge is -2.59. The van der Waals surface area contributed by atoms with Crippen LogP contribution in [-0.2, 0) is 24.4 Å². The van der Waals surface area contributed by atoms with Crippen molar-refractivity contribution in [2.45, 2.75) is 83.3 Å². The van der Waals surface area contributed by atoms with Crippen LogP contribution in [0.25, 0.3) is 0 Å². The van der Waals surface area contributed by atoms with Crippen LogP contribution >= 0.6 is 0 Å². The largest absolute Gasteiger partial charge is 0.461 e. The van der Waals surface area contributed by atoms with E-state index in [1.165, 1.54) is 0 Å². The molecule has 4 fully saturated rings. The maximum atomic E-state index is 14.0. The highest BCUT2D eigenvalue weighted by atomic mass is 32.2. The number of rotatable bonds is 8. The molecule has 6 nitrogen and oxygen atoms in total. The van der Waals surface area contributed by atoms with E-state index in [-0.39, 0.29) is 37.0 Å². The summed E-state index contributed by atoms with van der Waals surface area (Å²) in [6, 6.07) is 0. The molecule has 0 aromatic heterocycles. The van der Waals surface area contributed by atoms with E-state index in [0.717, 1.165) is 0 Å². The number of Topliss-reactive ketones (excluding diaryl/α,β-unsaturated/α-hetero) is 1. The highest BCUT2D eigenvalue weighted by molar-refractivity contribution is 7.86. The van der Waals surface area contributed by atoms with Gasteiger partial charge in [-0.3, -0.25) is 14.1 Å². The van der Waals surface area contributed by atoms with Crippen molar-refractivity contribution >= 4 is 21.9 Å². The summed E-state index contributed by atoms with van der Waals surface area (Å²) in [6.07, 6.45) is -5.71. The summed E-state index contributed by atoms with van der Waals surface area (Å²) in [7, 11) is -6.39. The number of alkyl halides is 5. The van der Waals surface area contributed by atoms with Crippen molar-refractivity contribution in [3.05, 3.63) is 0 Å². The predicted octanol–water partition coefficient (Wildman–Crippen LogP) is 4.78. The molecule has 4 aliphatic carbocycles. The van der Waals surface area contributed by atoms with Crippen LogP contribution in [0.4, 0.5) is 22.0 Å². The van der Waals surface area contributed by atoms with Crippen molar-refractivity contribution in [1.29, 1.82) is 0 Å². The minimum atomic E-state index is -6.39. The van der Waals surface area contributed by atoms with Gasteiger partial charge in [0.25, 0.3) is 0 Å². The Hall–Kier alpha value is -1.30. The van der Waals surface area contributed by atoms with Crippen molar-refractivity contribution in [1.82, 2.24) is 0 Å². The van der Waals surface area contributed by atoms with Gasteiger partial charge in [-0.15, -0.1) is 0 Å². The van der Waals surface area contributed by atoms with Crippen molar-refractivity contribution in [2.75, 3.05) is 0 Å². The third kappa shape index (κ3) is 4.66. The van der Waals surface area contributed by atoms with Crippen molar-refractivity contribution < 1.29 is 49.2 Å². The fourth-order valence-corrected chi connectivity index (χ4v) is 6.52. The van der Waals surface area contributed by atoms with Gasteiger partial charge in [0.05, 0.1) is 5.41 Å². The smallest absolute Gasteiger partial charge is 0.399 e. The van der Waals surface area contributed by atoms with Crippen LogP contribution in [0.2, 0.25) is 0 Å². The molecule has 33 heavy (non-hydrogen) atoms. The van der Waals surface area contributed by atoms with Gasteiger partial charge in [-0.25, -0.2) is 0 Å². The standard InChI is InChI=1S/C21H29F5O6S/c1-4-18(2,3)17(28)32-16-12-5-11-6-13(16)10-19(8-11,9-12)15(27)7-14(20(22,23)24)21(25,26)33(29,30)31/h11-14,16H,4-10H2,1-3H3,(H,29,30,31). The summed E-state index contributed by atoms with van der Waals surface area (Å²) in [5.41, 5.74) is -2.01. The van der Waals surface area contributed by atoms with Crippen LogP contribution < -0.4 is 0 Å². The highest BCUT2D eigenvalue weighted by Gasteiger charge is 2.66. The molecule has 0 amide bonds. The molecule has 4 bridgehead atoms. The van der Waals surface area contributed by atoms with E-state index in [1.807, 2.05) is 6.92 Å². The van der Waals surface area contributed by atoms with Crippen LogP contribution in [0.5, 0.6) is 0 Å². The molecule has 3 unspecified atom stereocenters. The Labute approximate surface area is 189 Å². The Morgan fingerprint density at radius 2 is 1.58 bits per heavy atom. The Bertz CT molecular complexity index is 897. The number of hydrogen-bond acceptors (Lipinski definition) is 5. The second-order valence-corrected chi connectivity index (χ2v) is 12.1. The third-order valence-electron chi connectivity index (χ3n) is 7.99. The second kappa shape index (κ2) is 8.13. The lowest BCUT2D eigenvalue weighted by Crippen LogP contribution is -2.58. The number of hydrogen-bond donors (Lipinski definition) is 1. The number of halogens is 5. The van der Waals surface area contributed by atoms with E-state index in [1.54, 1.807) is 13.8 Å². The first kappa shape index (κ1) is 26.3. The van der Waals surface area contributed by atoms with Gasteiger partial charge in [0.15, 0.2) is 0 Å². The van der Waals surface area contributed by atoms with E-state index < -0.39 is 62.6 Å². The molecule has 0 heterocycles. The first-order chi connectivity index (χ1) is 14.8. The van der Waals surface area contributed by atoms with E-state index >= 15 is 0 Å². The van der Waals surface area contributed by atoms with Gasteiger partial charge in [0.2, 0.25) is 0 Å². The molecule has 3 atom stereocenters. The van der Waals surface area contributed by atoms with Gasteiger partial charge in [-0.1, -0.05) is 6.92 Å². The monoisotopic (exact) mass is 504 g/mol. The molecule has 12 heteroatoms. The third-order valence-corrected chi connectivity index (χ3v) is 8.96. The average molecular weight is 505 g/mol. The highest BCUT2D eigenvalue weighted by Crippen LogP contribution is 2.62. The summed E-state index contributed by atoms with van der Waals surface area (Å²) in [6.45, 7) is 5.32. The Morgan fingerprint density at radius 3 is 2.00 bits per heavy atom. The minimum absolute atomic E-state index is 0.00740. The van der Waals surface area contributed by atoms with Crippen molar-refractivity contribution in [3.8, 4) is 0 Å². The first-order valence-corrected chi connectivity index (χ1v) is 12.4. The van der Waals surface area contributed by atoms with Gasteiger partial charge in [0, 0.05) is 11.8 Å². The summed E-state index contributed by atoms with van der Waals surface area (Å²) in [5, 5.41) is -5.55. The van der Waals surface area contributed by atoms with Gasteiger partial charge in [-0.2, -0.15) is 30.4 Å². The molecule has 0 saturated heterocycles. The van der Waals surface area contributed by atoms with Crippen LogP contribution in [0.3, 0.4) is 0 Å². The molecule has 4 saturated carbocycles. The molecule has 4 rings (SSSR count). The topological polar surface area (TPSA) is 97.7 Å². The number of ether oxygens (including phenoxy) is 1. The fraction of sp³-hybridized carbons (Fsp3) is 0.905. The van der Waals surface area contributed by atoms with Crippen LogP contribution in [0, 0.1) is 34.5 Å². The predicted molar refractivity (Wildman–Crippen MR) is 106 cm³/mol. The zero-order chi connectivity index (χ0) is 25.2. The Morgan fingerprint density at radius 1 is 1.06 bits per heavy atom. The SMILES string of the molecule is CCC(C)(C)C(=O)OC1C2CC3CC1CC(C(=O)CC(C(F)(F)F)C(F)(F)S(=O)(=O)O)(C3)C2. The van der Waals surface area contributed by atoms with E-state index in [2.05, 4.69) is 0 Å². The van der Waals surface area contributed by atoms with Crippen molar-refractivity contribution in [2.24, 2.45) is 34.5 Å². The van der Waals surface area contributed by atoms with Crippen LogP contribution in [0.1, 0.15) is 65.7 Å². The minimum Gasteiger partial charge on any atom is -0.461 e. The Kier molecular flexibility index (Phi) is 6.48. The molecule has 4 aliphatic rings. The molecule has 0 aliphatic heterocycles. The lowest BCUT2D eigenvalue weighted by molar-refractivity contribution is -0.224. The normalized spacial score (nSPS) is 33.1. The van der Waals surface area contributed by atoms with Crippen LogP contribution in [0.15, 0.2) is 0 Å². The van der Waals surface area contributed by atoms with E-state index in [4.69, 9.17) is 9.29 Å². The van der Waals surface area contributed by atoms with Gasteiger partial charge in [-0.05, 0) is 70.1 Å². The Balaban J connectivity index is 1.82. The molecule has 0 aromatic rings. The van der Waals surface area contributed by atoms with Crippen molar-refractivity contribution in [3.63, 3.8) is 0 Å². The summed E-state index contributed by atoms with van der Waals surface area (Å²) in [5.74, 6) is -5.88. The zero-order valence-electron chi connectivity index (χ0n) is 18.6.